The third-order valence-corrected chi connectivity index (χ3v) is 2.95. The largest absolute Gasteiger partial charge is 0.481 e. The van der Waals surface area contributed by atoms with E-state index in [0.717, 1.165) is 27.8 Å². The lowest BCUT2D eigenvalue weighted by Gasteiger charge is -2.20. The zero-order chi connectivity index (χ0) is 13.3. The zero-order valence-corrected chi connectivity index (χ0v) is 10.8. The number of carboxylic acid groups (broad SMARTS) is 1. The summed E-state index contributed by atoms with van der Waals surface area (Å²) < 4.78 is 0. The predicted octanol–water partition coefficient (Wildman–Crippen LogP) is 2.24. The van der Waals surface area contributed by atoms with Crippen LogP contribution in [0.3, 0.4) is 0 Å². The molecule has 1 N–H and O–H groups in total. The number of fused-ring (bicyclic) bond motifs is 1. The number of para-hydroxylation sites is 1. The molecule has 0 unspecified atom stereocenters. The van der Waals surface area contributed by atoms with Crippen molar-refractivity contribution >= 4 is 22.6 Å². The van der Waals surface area contributed by atoms with Gasteiger partial charge in [-0.2, -0.15) is 0 Å². The molecule has 94 valence electrons. The second-order valence-corrected chi connectivity index (χ2v) is 4.51. The Morgan fingerprint density at radius 2 is 2.00 bits per heavy atom. The minimum atomic E-state index is -0.835. The maximum absolute atomic E-state index is 11.0. The number of anilines is 1. The number of aliphatic carboxylic acids is 1. The summed E-state index contributed by atoms with van der Waals surface area (Å²) in [4.78, 5) is 17.4. The van der Waals surface area contributed by atoms with Crippen LogP contribution in [0.5, 0.6) is 0 Å². The van der Waals surface area contributed by atoms with Crippen LogP contribution in [-0.2, 0) is 11.2 Å². The minimum Gasteiger partial charge on any atom is -0.481 e. The summed E-state index contributed by atoms with van der Waals surface area (Å²) in [6.45, 7) is 1.86. The van der Waals surface area contributed by atoms with E-state index in [-0.39, 0.29) is 6.42 Å². The first-order valence-electron chi connectivity index (χ1n) is 5.78. The summed E-state index contributed by atoms with van der Waals surface area (Å²) in [5.74, 6) is -0.835. The van der Waals surface area contributed by atoms with Crippen LogP contribution in [0, 0.1) is 6.92 Å². The number of aryl methyl sites for hydroxylation is 1. The summed E-state index contributed by atoms with van der Waals surface area (Å²) in [7, 11) is 3.85. The molecule has 18 heavy (non-hydrogen) atoms. The van der Waals surface area contributed by atoms with Crippen molar-refractivity contribution in [3.8, 4) is 0 Å². The molecule has 0 aliphatic carbocycles. The first kappa shape index (κ1) is 12.4. The van der Waals surface area contributed by atoms with Gasteiger partial charge in [0.1, 0.15) is 0 Å². The van der Waals surface area contributed by atoms with Crippen molar-refractivity contribution in [3.63, 3.8) is 0 Å². The zero-order valence-electron chi connectivity index (χ0n) is 10.8. The molecule has 2 aromatic rings. The van der Waals surface area contributed by atoms with Crippen molar-refractivity contribution < 1.29 is 9.90 Å². The molecule has 4 heteroatoms. The fourth-order valence-corrected chi connectivity index (χ4v) is 2.23. The first-order chi connectivity index (χ1) is 8.50. The average Bonchev–Trinajstić information content (AvgIpc) is 2.28. The highest BCUT2D eigenvalue weighted by molar-refractivity contribution is 5.95. The molecule has 4 nitrogen and oxygen atoms in total. The molecule has 1 heterocycles. The third kappa shape index (κ3) is 2.14. The summed E-state index contributed by atoms with van der Waals surface area (Å²) >= 11 is 0. The predicted molar refractivity (Wildman–Crippen MR) is 72.1 cm³/mol. The Morgan fingerprint density at radius 3 is 2.61 bits per heavy atom. The summed E-state index contributed by atoms with van der Waals surface area (Å²) in [5.41, 5.74) is 3.40. The number of aromatic nitrogens is 1. The molecule has 0 saturated heterocycles. The van der Waals surface area contributed by atoms with Crippen molar-refractivity contribution in [2.45, 2.75) is 13.3 Å². The molecule has 1 aromatic carbocycles. The topological polar surface area (TPSA) is 53.4 Å². The monoisotopic (exact) mass is 244 g/mol. The van der Waals surface area contributed by atoms with E-state index in [9.17, 15) is 4.79 Å². The summed E-state index contributed by atoms with van der Waals surface area (Å²) in [6.07, 6.45) is -0.00280. The van der Waals surface area contributed by atoms with Crippen LogP contribution in [0.15, 0.2) is 24.3 Å². The Hall–Kier alpha value is -2.10. The van der Waals surface area contributed by atoms with Crippen LogP contribution < -0.4 is 4.90 Å². The van der Waals surface area contributed by atoms with E-state index in [1.54, 1.807) is 0 Å². The standard InChI is InChI=1S/C14H16N2O2/c1-9-11(8-13(17)18)14(16(2)3)10-6-4-5-7-12(10)15-9/h4-7H,8H2,1-3H3,(H,17,18). The molecule has 1 aromatic heterocycles. The molecule has 0 aliphatic rings. The number of carboxylic acids is 1. The van der Waals surface area contributed by atoms with Crippen molar-refractivity contribution in [2.24, 2.45) is 0 Å². The first-order valence-corrected chi connectivity index (χ1v) is 5.78. The van der Waals surface area contributed by atoms with Crippen molar-refractivity contribution in [1.82, 2.24) is 4.98 Å². The molecule has 0 atom stereocenters. The van der Waals surface area contributed by atoms with Crippen LogP contribution in [0.2, 0.25) is 0 Å². The van der Waals surface area contributed by atoms with Gasteiger partial charge in [-0.3, -0.25) is 9.78 Å². The van der Waals surface area contributed by atoms with Gasteiger partial charge in [-0.25, -0.2) is 0 Å². The second-order valence-electron chi connectivity index (χ2n) is 4.51. The number of rotatable bonds is 3. The number of nitrogens with zero attached hydrogens (tertiary/aromatic N) is 2. The smallest absolute Gasteiger partial charge is 0.307 e. The molecular formula is C14H16N2O2. The molecule has 0 radical (unpaired) electrons. The van der Waals surface area contributed by atoms with Crippen LogP contribution in [0.25, 0.3) is 10.9 Å². The third-order valence-electron chi connectivity index (χ3n) is 2.95. The Kier molecular flexibility index (Phi) is 3.19. The fourth-order valence-electron chi connectivity index (χ4n) is 2.23. The fraction of sp³-hybridized carbons (Fsp3) is 0.286. The van der Waals surface area contributed by atoms with Gasteiger partial charge in [0.15, 0.2) is 0 Å². The van der Waals surface area contributed by atoms with Gasteiger partial charge in [0.05, 0.1) is 17.6 Å². The second kappa shape index (κ2) is 4.64. The van der Waals surface area contributed by atoms with Crippen LogP contribution >= 0.6 is 0 Å². The molecule has 0 saturated carbocycles. The van der Waals surface area contributed by atoms with Gasteiger partial charge in [-0.05, 0) is 13.0 Å². The lowest BCUT2D eigenvalue weighted by Crippen LogP contribution is -2.16. The molecule has 0 bridgehead atoms. The highest BCUT2D eigenvalue weighted by Gasteiger charge is 2.16. The van der Waals surface area contributed by atoms with Gasteiger partial charge in [0.2, 0.25) is 0 Å². The Balaban J connectivity index is 2.78. The average molecular weight is 244 g/mol. The summed E-state index contributed by atoms with van der Waals surface area (Å²) in [5, 5.41) is 10.0. The normalized spacial score (nSPS) is 10.6. The quantitative estimate of drug-likeness (QED) is 0.899. The molecule has 0 amide bonds. The van der Waals surface area contributed by atoms with E-state index >= 15 is 0 Å². The van der Waals surface area contributed by atoms with E-state index in [1.165, 1.54) is 0 Å². The van der Waals surface area contributed by atoms with Crippen LogP contribution in [0.1, 0.15) is 11.3 Å². The van der Waals surface area contributed by atoms with E-state index in [1.807, 2.05) is 50.2 Å². The molecule has 0 aliphatic heterocycles. The van der Waals surface area contributed by atoms with Crippen molar-refractivity contribution in [3.05, 3.63) is 35.5 Å². The maximum Gasteiger partial charge on any atom is 0.307 e. The highest BCUT2D eigenvalue weighted by atomic mass is 16.4. The SMILES string of the molecule is Cc1nc2ccccc2c(N(C)C)c1CC(=O)O. The maximum atomic E-state index is 11.0. The van der Waals surface area contributed by atoms with Gasteiger partial charge in [-0.1, -0.05) is 18.2 Å². The Bertz CT molecular complexity index is 606. The molecule has 0 fully saturated rings. The van der Waals surface area contributed by atoms with E-state index in [2.05, 4.69) is 4.98 Å². The minimum absolute atomic E-state index is 0.00280. The molecule has 0 spiro atoms. The van der Waals surface area contributed by atoms with Crippen LogP contribution in [0.4, 0.5) is 5.69 Å². The van der Waals surface area contributed by atoms with Gasteiger partial charge in [0, 0.05) is 30.7 Å². The van der Waals surface area contributed by atoms with Gasteiger partial charge < -0.3 is 10.0 Å². The molecular weight excluding hydrogens is 228 g/mol. The van der Waals surface area contributed by atoms with Crippen LogP contribution in [-0.4, -0.2) is 30.2 Å². The number of hydrogen-bond acceptors (Lipinski definition) is 3. The van der Waals surface area contributed by atoms with E-state index < -0.39 is 5.97 Å². The van der Waals surface area contributed by atoms with Gasteiger partial charge in [-0.15, -0.1) is 0 Å². The van der Waals surface area contributed by atoms with E-state index in [0.29, 0.717) is 0 Å². The summed E-state index contributed by atoms with van der Waals surface area (Å²) in [6, 6.07) is 7.80. The number of pyridine rings is 1. The Morgan fingerprint density at radius 1 is 1.33 bits per heavy atom. The van der Waals surface area contributed by atoms with Gasteiger partial charge in [0.25, 0.3) is 0 Å². The Labute approximate surface area is 106 Å². The van der Waals surface area contributed by atoms with Crippen molar-refractivity contribution in [2.75, 3.05) is 19.0 Å². The number of hydrogen-bond donors (Lipinski definition) is 1. The lowest BCUT2D eigenvalue weighted by molar-refractivity contribution is -0.136. The van der Waals surface area contributed by atoms with E-state index in [4.69, 9.17) is 5.11 Å². The van der Waals surface area contributed by atoms with Gasteiger partial charge >= 0.3 is 5.97 Å². The highest BCUT2D eigenvalue weighted by Crippen LogP contribution is 2.30. The molecule has 2 rings (SSSR count). The van der Waals surface area contributed by atoms with Crippen molar-refractivity contribution in [1.29, 1.82) is 0 Å². The lowest BCUT2D eigenvalue weighted by atomic mass is 10.0. The number of benzene rings is 1. The number of carbonyl (C=O) groups is 1.